The number of aromatic hydroxyl groups is 1. The normalized spacial score (nSPS) is 26.4. The first kappa shape index (κ1) is 39.0. The predicted octanol–water partition coefficient (Wildman–Crippen LogP) is 7.50. The van der Waals surface area contributed by atoms with Gasteiger partial charge in [-0.15, -0.1) is 23.2 Å². The van der Waals surface area contributed by atoms with E-state index in [9.17, 15) is 28.7 Å². The van der Waals surface area contributed by atoms with Crippen molar-refractivity contribution >= 4 is 70.4 Å². The van der Waals surface area contributed by atoms with Crippen LogP contribution in [0, 0.1) is 23.6 Å². The van der Waals surface area contributed by atoms with Crippen molar-refractivity contribution in [2.75, 3.05) is 38.2 Å². The van der Waals surface area contributed by atoms with Crippen molar-refractivity contribution < 1.29 is 47.6 Å². The largest absolute Gasteiger partial charge is 0.502 e. The van der Waals surface area contributed by atoms with Gasteiger partial charge in [-0.3, -0.25) is 24.1 Å². The van der Waals surface area contributed by atoms with Gasteiger partial charge in [0.2, 0.25) is 17.6 Å². The lowest BCUT2D eigenvalue weighted by atomic mass is 9.56. The smallest absolute Gasteiger partial charge is 0.258 e. The second-order valence-electron chi connectivity index (χ2n) is 14.6. The van der Waals surface area contributed by atoms with Crippen molar-refractivity contribution in [1.29, 1.82) is 0 Å². The number of carbonyl (C=O) groups is 4. The molecule has 1 N–H and O–H groups in total. The van der Waals surface area contributed by atoms with Gasteiger partial charge in [0, 0.05) is 11.5 Å². The van der Waals surface area contributed by atoms with E-state index in [0.29, 0.717) is 28.3 Å². The fourth-order valence-corrected chi connectivity index (χ4v) is 9.93. The van der Waals surface area contributed by atoms with Crippen LogP contribution in [0.4, 0.5) is 15.8 Å². The van der Waals surface area contributed by atoms with E-state index in [1.807, 2.05) is 18.2 Å². The summed E-state index contributed by atoms with van der Waals surface area (Å²) in [5.74, 6) is -5.94. The van der Waals surface area contributed by atoms with E-state index in [1.54, 1.807) is 56.7 Å². The zero-order chi connectivity index (χ0) is 41.3. The maximum absolute atomic E-state index is 14.7. The van der Waals surface area contributed by atoms with E-state index in [0.717, 1.165) is 28.2 Å². The molecular formula is C44H37Cl2FN2O9. The van der Waals surface area contributed by atoms with Crippen LogP contribution in [0.25, 0.3) is 12.2 Å². The third kappa shape index (κ3) is 5.75. The molecule has 3 fully saturated rings. The van der Waals surface area contributed by atoms with Crippen molar-refractivity contribution in [3.8, 4) is 28.7 Å². The van der Waals surface area contributed by atoms with Crippen molar-refractivity contribution in [3.05, 3.63) is 113 Å². The Morgan fingerprint density at radius 1 is 0.724 bits per heavy atom. The number of imide groups is 2. The summed E-state index contributed by atoms with van der Waals surface area (Å²) in [6.45, 7) is 0. The van der Waals surface area contributed by atoms with Gasteiger partial charge in [0.05, 0.1) is 51.6 Å². The molecule has 1 saturated carbocycles. The first-order valence-corrected chi connectivity index (χ1v) is 19.1. The van der Waals surface area contributed by atoms with Crippen LogP contribution < -0.4 is 28.7 Å². The molecule has 6 unspecified atom stereocenters. The maximum Gasteiger partial charge on any atom is 0.258 e. The standard InChI is InChI=1S/C44H37Cl2FN2O9/c1-55-29-15-18-33(56-2)24(19-29)8-5-23-6-11-27(12-7-23)48-39(51)31-17-16-30-32(36(31)40(48)52)22-43(45)41(53)49(28-13-9-26(47)10-14-28)42(54)44(43,46)37(30)25-20-34(57-3)38(50)35(21-25)58-4/h5-16,18-21,31-32,36-37,50H,17,22H2,1-4H3. The Hall–Kier alpha value is -5.85. The number of nitrogens with zero attached hydrogens (tertiary/aromatic N) is 2. The number of phenolic OH excluding ortho intramolecular Hbond substituents is 1. The van der Waals surface area contributed by atoms with Gasteiger partial charge in [-0.05, 0) is 96.6 Å². The fraction of sp³-hybridized carbons (Fsp3) is 0.273. The number of allylic oxidation sites excluding steroid dienone is 2. The minimum absolute atomic E-state index is 0.00224. The molecule has 11 nitrogen and oxygen atoms in total. The Balaban J connectivity index is 1.18. The highest BCUT2D eigenvalue weighted by Crippen LogP contribution is 2.66. The Kier molecular flexibility index (Phi) is 9.76. The van der Waals surface area contributed by atoms with Crippen molar-refractivity contribution in [2.45, 2.75) is 28.5 Å². The highest BCUT2D eigenvalue weighted by atomic mass is 35.5. The molecule has 0 bridgehead atoms. The van der Waals surface area contributed by atoms with Crippen LogP contribution in [-0.2, 0) is 19.2 Å². The number of hydrogen-bond acceptors (Lipinski definition) is 9. The predicted molar refractivity (Wildman–Crippen MR) is 215 cm³/mol. The summed E-state index contributed by atoms with van der Waals surface area (Å²) in [5.41, 5.74) is 2.85. The highest BCUT2D eigenvalue weighted by Gasteiger charge is 2.76. The monoisotopic (exact) mass is 826 g/mol. The number of alkyl halides is 2. The average Bonchev–Trinajstić information content (AvgIpc) is 3.57. The third-order valence-electron chi connectivity index (χ3n) is 11.8. The summed E-state index contributed by atoms with van der Waals surface area (Å²) in [6.07, 6.45) is 5.41. The van der Waals surface area contributed by atoms with E-state index >= 15 is 0 Å². The summed E-state index contributed by atoms with van der Waals surface area (Å²) in [4.78, 5) is 55.8. The Morgan fingerprint density at radius 2 is 1.34 bits per heavy atom. The molecule has 58 heavy (non-hydrogen) atoms. The molecule has 2 aliphatic heterocycles. The molecule has 2 aliphatic carbocycles. The molecule has 4 aromatic rings. The van der Waals surface area contributed by atoms with Crippen molar-refractivity contribution in [1.82, 2.24) is 0 Å². The molecule has 2 saturated heterocycles. The highest BCUT2D eigenvalue weighted by molar-refractivity contribution is 6.58. The van der Waals surface area contributed by atoms with Crippen LogP contribution >= 0.6 is 23.2 Å². The summed E-state index contributed by atoms with van der Waals surface area (Å²) < 4.78 is 35.8. The van der Waals surface area contributed by atoms with Gasteiger partial charge in [0.1, 0.15) is 17.3 Å². The summed E-state index contributed by atoms with van der Waals surface area (Å²) in [5, 5.41) is 10.8. The van der Waals surface area contributed by atoms with Crippen LogP contribution in [-0.4, -0.2) is 66.9 Å². The Bertz CT molecular complexity index is 2410. The zero-order valence-corrected chi connectivity index (χ0v) is 33.2. The molecular weight excluding hydrogens is 790 g/mol. The minimum atomic E-state index is -2.19. The van der Waals surface area contributed by atoms with Crippen LogP contribution in [0.3, 0.4) is 0 Å². The van der Waals surface area contributed by atoms with Gasteiger partial charge in [-0.1, -0.05) is 35.9 Å². The SMILES string of the molecule is COc1ccc(OC)c(C=Cc2ccc(N3C(=O)C4CC=C5C(CC6(Cl)C(=O)N(c7ccc(F)cc7)C(=O)C6(Cl)C5c5cc(OC)c(O)c(OC)c5)C4C3=O)cc2)c1. The van der Waals surface area contributed by atoms with Gasteiger partial charge < -0.3 is 24.1 Å². The van der Waals surface area contributed by atoms with Crippen LogP contribution in [0.15, 0.2) is 90.5 Å². The van der Waals surface area contributed by atoms with E-state index in [-0.39, 0.29) is 35.8 Å². The number of rotatable bonds is 9. The molecule has 2 heterocycles. The lowest BCUT2D eigenvalue weighted by molar-refractivity contribution is -0.125. The molecule has 8 rings (SSSR count). The molecule has 6 atom stereocenters. The number of hydrogen-bond donors (Lipinski definition) is 1. The van der Waals surface area contributed by atoms with Crippen LogP contribution in [0.2, 0.25) is 0 Å². The Morgan fingerprint density at radius 3 is 1.97 bits per heavy atom. The number of phenols is 1. The number of amides is 4. The number of carbonyl (C=O) groups excluding carboxylic acids is 4. The molecule has 0 radical (unpaired) electrons. The molecule has 4 amide bonds. The second-order valence-corrected chi connectivity index (χ2v) is 15.8. The topological polar surface area (TPSA) is 132 Å². The minimum Gasteiger partial charge on any atom is -0.502 e. The van der Waals surface area contributed by atoms with Gasteiger partial charge in [-0.2, -0.15) is 0 Å². The van der Waals surface area contributed by atoms with Gasteiger partial charge in [-0.25, -0.2) is 9.29 Å². The van der Waals surface area contributed by atoms with Crippen LogP contribution in [0.5, 0.6) is 28.7 Å². The third-order valence-corrected chi connectivity index (χ3v) is 13.2. The summed E-state index contributed by atoms with van der Waals surface area (Å²) >= 11 is 15.0. The van der Waals surface area contributed by atoms with Gasteiger partial charge in [0.15, 0.2) is 21.2 Å². The lowest BCUT2D eigenvalue weighted by Gasteiger charge is -2.50. The second kappa shape index (κ2) is 14.5. The first-order valence-electron chi connectivity index (χ1n) is 18.4. The quantitative estimate of drug-likeness (QED) is 0.0789. The van der Waals surface area contributed by atoms with Crippen LogP contribution in [0.1, 0.15) is 35.4 Å². The number of halogens is 3. The van der Waals surface area contributed by atoms with E-state index in [2.05, 4.69) is 0 Å². The zero-order valence-electron chi connectivity index (χ0n) is 31.7. The van der Waals surface area contributed by atoms with Gasteiger partial charge in [0.25, 0.3) is 11.8 Å². The van der Waals surface area contributed by atoms with E-state index < -0.39 is 62.9 Å². The molecule has 14 heteroatoms. The molecule has 0 spiro atoms. The van der Waals surface area contributed by atoms with Crippen molar-refractivity contribution in [3.63, 3.8) is 0 Å². The molecule has 4 aromatic carbocycles. The number of anilines is 2. The number of ether oxygens (including phenoxy) is 4. The first-order chi connectivity index (χ1) is 27.8. The summed E-state index contributed by atoms with van der Waals surface area (Å²) in [7, 11) is 5.84. The van der Waals surface area contributed by atoms with Crippen molar-refractivity contribution in [2.24, 2.45) is 17.8 Å². The number of benzene rings is 4. The molecule has 298 valence electrons. The number of fused-ring (bicyclic) bond motifs is 4. The fourth-order valence-electron chi connectivity index (χ4n) is 9.00. The molecule has 0 aromatic heterocycles. The van der Waals surface area contributed by atoms with E-state index in [1.165, 1.54) is 43.4 Å². The maximum atomic E-state index is 14.7. The number of methoxy groups -OCH3 is 4. The van der Waals surface area contributed by atoms with E-state index in [4.69, 9.17) is 42.1 Å². The summed E-state index contributed by atoms with van der Waals surface area (Å²) in [6, 6.07) is 20.1. The Labute approximate surface area is 343 Å². The molecule has 4 aliphatic rings. The van der Waals surface area contributed by atoms with Gasteiger partial charge >= 0.3 is 0 Å². The lowest BCUT2D eigenvalue weighted by Crippen LogP contribution is -2.60. The average molecular weight is 828 g/mol.